The first kappa shape index (κ1) is 18.8. The molecule has 1 saturated heterocycles. The van der Waals surface area contributed by atoms with Crippen molar-refractivity contribution in [3.8, 4) is 0 Å². The van der Waals surface area contributed by atoms with Crippen LogP contribution < -0.4 is 10.2 Å². The predicted molar refractivity (Wildman–Crippen MR) is 115 cm³/mol. The first-order valence-corrected chi connectivity index (χ1v) is 11.0. The summed E-state index contributed by atoms with van der Waals surface area (Å²) < 4.78 is 27.0. The number of hydrogen-bond donors (Lipinski definition) is 1. The lowest BCUT2D eigenvalue weighted by Crippen LogP contribution is -2.44. The Morgan fingerprint density at radius 1 is 0.857 bits per heavy atom. The van der Waals surface area contributed by atoms with Gasteiger partial charge in [-0.3, -0.25) is 0 Å². The van der Waals surface area contributed by atoms with E-state index in [2.05, 4.69) is 22.2 Å². The van der Waals surface area contributed by atoms with Crippen LogP contribution in [0.5, 0.6) is 0 Å². The lowest BCUT2D eigenvalue weighted by Gasteiger charge is -2.35. The second kappa shape index (κ2) is 7.45. The predicted octanol–water partition coefficient (Wildman–Crippen LogP) is 3.47. The number of benzene rings is 3. The molecule has 0 unspecified atom stereocenters. The van der Waals surface area contributed by atoms with E-state index in [4.69, 9.17) is 0 Å². The Balaban J connectivity index is 1.95. The SMILES string of the molecule is CNc1cc(N2CCN(C)CC2)c2ccccc2c1S(=O)(=O)c1ccccc1. The Morgan fingerprint density at radius 3 is 2.11 bits per heavy atom. The molecule has 3 aromatic carbocycles. The molecule has 6 heteroatoms. The summed E-state index contributed by atoms with van der Waals surface area (Å²) in [6, 6.07) is 18.4. The average molecular weight is 396 g/mol. The van der Waals surface area contributed by atoms with Crippen LogP contribution >= 0.6 is 0 Å². The second-order valence-electron chi connectivity index (χ2n) is 7.17. The molecule has 1 aliphatic rings. The van der Waals surface area contributed by atoms with Crippen molar-refractivity contribution in [3.05, 3.63) is 60.7 Å². The van der Waals surface area contributed by atoms with Gasteiger partial charge in [-0.2, -0.15) is 0 Å². The third kappa shape index (κ3) is 3.23. The van der Waals surface area contributed by atoms with Gasteiger partial charge in [0.25, 0.3) is 0 Å². The standard InChI is InChI=1S/C22H25N3O2S/c1-23-20-16-21(25-14-12-24(2)13-15-25)18-10-6-7-11-19(18)22(20)28(26,27)17-8-4-3-5-9-17/h3-11,16,23H,12-15H2,1-2H3. The van der Waals surface area contributed by atoms with Gasteiger partial charge in [0.1, 0.15) is 4.90 Å². The van der Waals surface area contributed by atoms with Crippen molar-refractivity contribution < 1.29 is 8.42 Å². The molecule has 0 saturated carbocycles. The van der Waals surface area contributed by atoms with Crippen LogP contribution in [-0.2, 0) is 9.84 Å². The summed E-state index contributed by atoms with van der Waals surface area (Å²) in [5.41, 5.74) is 1.72. The molecule has 1 aliphatic heterocycles. The zero-order valence-electron chi connectivity index (χ0n) is 16.2. The Kier molecular flexibility index (Phi) is 5.00. The molecule has 0 bridgehead atoms. The van der Waals surface area contributed by atoms with Gasteiger partial charge in [-0.25, -0.2) is 8.42 Å². The second-order valence-corrected chi connectivity index (χ2v) is 9.06. The van der Waals surface area contributed by atoms with Gasteiger partial charge in [-0.15, -0.1) is 0 Å². The van der Waals surface area contributed by atoms with E-state index in [9.17, 15) is 8.42 Å². The molecular weight excluding hydrogens is 370 g/mol. The average Bonchev–Trinajstić information content (AvgIpc) is 2.73. The number of piperazine rings is 1. The van der Waals surface area contributed by atoms with Crippen molar-refractivity contribution >= 4 is 32.0 Å². The fraction of sp³-hybridized carbons (Fsp3) is 0.273. The number of likely N-dealkylation sites (N-methyl/N-ethyl adjacent to an activating group) is 1. The van der Waals surface area contributed by atoms with Gasteiger partial charge in [0.15, 0.2) is 0 Å². The Hall–Kier alpha value is -2.57. The summed E-state index contributed by atoms with van der Waals surface area (Å²) in [6.45, 7) is 3.84. The van der Waals surface area contributed by atoms with E-state index in [1.54, 1.807) is 31.3 Å². The first-order valence-electron chi connectivity index (χ1n) is 9.49. The Labute approximate surface area is 166 Å². The highest BCUT2D eigenvalue weighted by molar-refractivity contribution is 7.92. The van der Waals surface area contributed by atoms with Gasteiger partial charge >= 0.3 is 0 Å². The minimum absolute atomic E-state index is 0.309. The van der Waals surface area contributed by atoms with Gasteiger partial charge in [0, 0.05) is 49.7 Å². The summed E-state index contributed by atoms with van der Waals surface area (Å²) in [5, 5.41) is 4.86. The van der Waals surface area contributed by atoms with E-state index < -0.39 is 9.84 Å². The highest BCUT2D eigenvalue weighted by atomic mass is 32.2. The zero-order valence-corrected chi connectivity index (χ0v) is 17.0. The summed E-state index contributed by atoms with van der Waals surface area (Å²) in [7, 11) is 0.255. The number of hydrogen-bond acceptors (Lipinski definition) is 5. The molecule has 0 aliphatic carbocycles. The maximum atomic E-state index is 13.5. The van der Waals surface area contributed by atoms with Crippen molar-refractivity contribution in [2.45, 2.75) is 9.79 Å². The number of sulfone groups is 1. The van der Waals surface area contributed by atoms with Crippen molar-refractivity contribution in [1.82, 2.24) is 4.90 Å². The monoisotopic (exact) mass is 395 g/mol. The summed E-state index contributed by atoms with van der Waals surface area (Å²) in [6.07, 6.45) is 0. The lowest BCUT2D eigenvalue weighted by molar-refractivity contribution is 0.313. The Bertz CT molecular complexity index is 1090. The third-order valence-corrected chi connectivity index (χ3v) is 7.28. The molecule has 0 spiro atoms. The molecule has 1 fully saturated rings. The van der Waals surface area contributed by atoms with E-state index in [0.717, 1.165) is 42.6 Å². The molecule has 146 valence electrons. The number of rotatable bonds is 4. The first-order chi connectivity index (χ1) is 13.5. The topological polar surface area (TPSA) is 52.6 Å². The van der Waals surface area contributed by atoms with Crippen LogP contribution in [0.25, 0.3) is 10.8 Å². The van der Waals surface area contributed by atoms with Crippen LogP contribution in [0.2, 0.25) is 0 Å². The molecule has 3 aromatic rings. The molecule has 0 radical (unpaired) electrons. The summed E-state index contributed by atoms with van der Waals surface area (Å²) >= 11 is 0. The highest BCUT2D eigenvalue weighted by Crippen LogP contribution is 2.40. The number of fused-ring (bicyclic) bond motifs is 1. The van der Waals surface area contributed by atoms with E-state index in [1.165, 1.54) is 0 Å². The van der Waals surface area contributed by atoms with Gasteiger partial charge in [-0.05, 0) is 25.2 Å². The van der Waals surface area contributed by atoms with Crippen molar-refractivity contribution in [2.24, 2.45) is 0 Å². The van der Waals surface area contributed by atoms with Crippen molar-refractivity contribution in [3.63, 3.8) is 0 Å². The molecule has 1 N–H and O–H groups in total. The molecule has 0 amide bonds. The maximum absolute atomic E-state index is 13.5. The molecular formula is C22H25N3O2S. The zero-order chi connectivity index (χ0) is 19.7. The van der Waals surface area contributed by atoms with E-state index in [-0.39, 0.29) is 0 Å². The van der Waals surface area contributed by atoms with Crippen LogP contribution in [0.1, 0.15) is 0 Å². The third-order valence-electron chi connectivity index (χ3n) is 5.41. The van der Waals surface area contributed by atoms with Gasteiger partial charge in [-0.1, -0.05) is 42.5 Å². The van der Waals surface area contributed by atoms with Crippen LogP contribution in [-0.4, -0.2) is 53.6 Å². The molecule has 4 rings (SSSR count). The van der Waals surface area contributed by atoms with Gasteiger partial charge in [0.05, 0.1) is 10.6 Å². The van der Waals surface area contributed by atoms with Crippen LogP contribution in [0, 0.1) is 0 Å². The normalized spacial score (nSPS) is 15.7. The maximum Gasteiger partial charge on any atom is 0.209 e. The highest BCUT2D eigenvalue weighted by Gasteiger charge is 2.27. The number of anilines is 2. The molecule has 1 heterocycles. The van der Waals surface area contributed by atoms with Gasteiger partial charge < -0.3 is 15.1 Å². The van der Waals surface area contributed by atoms with E-state index in [0.29, 0.717) is 15.5 Å². The van der Waals surface area contributed by atoms with E-state index in [1.807, 2.05) is 36.4 Å². The summed E-state index contributed by atoms with van der Waals surface area (Å²) in [5.74, 6) is 0. The molecule has 5 nitrogen and oxygen atoms in total. The van der Waals surface area contributed by atoms with Crippen molar-refractivity contribution in [2.75, 3.05) is 50.5 Å². The fourth-order valence-corrected chi connectivity index (χ4v) is 5.50. The Morgan fingerprint density at radius 2 is 1.46 bits per heavy atom. The molecule has 28 heavy (non-hydrogen) atoms. The quantitative estimate of drug-likeness (QED) is 0.733. The van der Waals surface area contributed by atoms with Crippen LogP contribution in [0.15, 0.2) is 70.5 Å². The fourth-order valence-electron chi connectivity index (χ4n) is 3.83. The largest absolute Gasteiger partial charge is 0.387 e. The minimum Gasteiger partial charge on any atom is -0.387 e. The van der Waals surface area contributed by atoms with Gasteiger partial charge in [0.2, 0.25) is 9.84 Å². The molecule has 0 aromatic heterocycles. The lowest BCUT2D eigenvalue weighted by atomic mass is 10.1. The number of nitrogens with one attached hydrogen (secondary N) is 1. The van der Waals surface area contributed by atoms with Crippen LogP contribution in [0.4, 0.5) is 11.4 Å². The number of nitrogens with zero attached hydrogens (tertiary/aromatic N) is 2. The minimum atomic E-state index is -3.65. The van der Waals surface area contributed by atoms with Crippen LogP contribution in [0.3, 0.4) is 0 Å². The van der Waals surface area contributed by atoms with E-state index >= 15 is 0 Å². The summed E-state index contributed by atoms with van der Waals surface area (Å²) in [4.78, 5) is 5.31. The van der Waals surface area contributed by atoms with Crippen molar-refractivity contribution in [1.29, 1.82) is 0 Å². The smallest absolute Gasteiger partial charge is 0.209 e. The molecule has 0 atom stereocenters.